The third-order valence-corrected chi connectivity index (χ3v) is 1.73. The lowest BCUT2D eigenvalue weighted by atomic mass is 10.5. The summed E-state index contributed by atoms with van der Waals surface area (Å²) in [5.41, 5.74) is 1.79. The highest BCUT2D eigenvalue weighted by Crippen LogP contribution is 2.01. The summed E-state index contributed by atoms with van der Waals surface area (Å²) in [5, 5.41) is 0. The molecule has 0 aromatic carbocycles. The van der Waals surface area contributed by atoms with Crippen LogP contribution >= 0.6 is 11.3 Å². The van der Waals surface area contributed by atoms with Gasteiger partial charge in [0.05, 0.1) is 23.1 Å². The molecule has 0 N–H and O–H groups in total. The van der Waals surface area contributed by atoms with Gasteiger partial charge in [-0.1, -0.05) is 11.8 Å². The molecule has 0 saturated heterocycles. The van der Waals surface area contributed by atoms with Crippen molar-refractivity contribution in [3.8, 4) is 11.8 Å². The summed E-state index contributed by atoms with van der Waals surface area (Å²) in [6, 6.07) is 0. The third-order valence-electron chi connectivity index (χ3n) is 1.04. The predicted octanol–water partition coefficient (Wildman–Crippen LogP) is 1.06. The molecule has 0 unspecified atom stereocenters. The molecule has 58 valence electrons. The SMILES string of the molecule is CN(C)CC#Cc1cncs1. The van der Waals surface area contributed by atoms with Crippen LogP contribution in [0.5, 0.6) is 0 Å². The molecule has 1 aromatic rings. The Balaban J connectivity index is 2.46. The van der Waals surface area contributed by atoms with Crippen LogP contribution in [-0.4, -0.2) is 30.5 Å². The molecule has 0 saturated carbocycles. The van der Waals surface area contributed by atoms with Crippen molar-refractivity contribution in [2.24, 2.45) is 0 Å². The topological polar surface area (TPSA) is 16.1 Å². The molecular weight excluding hydrogens is 156 g/mol. The standard InChI is InChI=1S/C8H10N2S/c1-10(2)5-3-4-8-6-9-7-11-8/h6-7H,5H2,1-2H3. The Hall–Kier alpha value is -0.850. The molecule has 0 aliphatic rings. The van der Waals surface area contributed by atoms with Crippen LogP contribution in [0.15, 0.2) is 11.7 Å². The van der Waals surface area contributed by atoms with E-state index in [2.05, 4.69) is 16.8 Å². The Morgan fingerprint density at radius 3 is 3.00 bits per heavy atom. The van der Waals surface area contributed by atoms with Crippen LogP contribution < -0.4 is 0 Å². The fourth-order valence-corrected chi connectivity index (χ4v) is 1.05. The molecule has 1 heterocycles. The van der Waals surface area contributed by atoms with Gasteiger partial charge in [-0.05, 0) is 14.1 Å². The van der Waals surface area contributed by atoms with Crippen molar-refractivity contribution in [3.63, 3.8) is 0 Å². The van der Waals surface area contributed by atoms with Gasteiger partial charge in [0, 0.05) is 0 Å². The van der Waals surface area contributed by atoms with E-state index in [-0.39, 0.29) is 0 Å². The number of aromatic nitrogens is 1. The van der Waals surface area contributed by atoms with Crippen molar-refractivity contribution in [1.29, 1.82) is 0 Å². The second-order valence-corrected chi connectivity index (χ2v) is 3.29. The van der Waals surface area contributed by atoms with Crippen molar-refractivity contribution in [1.82, 2.24) is 9.88 Å². The van der Waals surface area contributed by atoms with Gasteiger partial charge >= 0.3 is 0 Å². The Kier molecular flexibility index (Phi) is 3.09. The van der Waals surface area contributed by atoms with E-state index in [1.165, 1.54) is 0 Å². The van der Waals surface area contributed by atoms with E-state index in [1.54, 1.807) is 23.0 Å². The van der Waals surface area contributed by atoms with Crippen LogP contribution in [0.4, 0.5) is 0 Å². The molecule has 1 rings (SSSR count). The van der Waals surface area contributed by atoms with Gasteiger partial charge in [-0.3, -0.25) is 9.88 Å². The maximum Gasteiger partial charge on any atom is 0.0967 e. The second kappa shape index (κ2) is 4.12. The zero-order valence-corrected chi connectivity index (χ0v) is 7.48. The molecule has 1 aromatic heterocycles. The van der Waals surface area contributed by atoms with Crippen molar-refractivity contribution in [2.75, 3.05) is 20.6 Å². The molecule has 0 bridgehead atoms. The molecular formula is C8H10N2S. The first-order chi connectivity index (χ1) is 5.29. The fourth-order valence-electron chi connectivity index (χ4n) is 0.562. The summed E-state index contributed by atoms with van der Waals surface area (Å²) in [6.07, 6.45) is 1.79. The number of hydrogen-bond acceptors (Lipinski definition) is 3. The quantitative estimate of drug-likeness (QED) is 0.580. The molecule has 0 aliphatic heterocycles. The second-order valence-electron chi connectivity index (χ2n) is 2.41. The third kappa shape index (κ3) is 3.17. The van der Waals surface area contributed by atoms with Crippen molar-refractivity contribution in [3.05, 3.63) is 16.6 Å². The summed E-state index contributed by atoms with van der Waals surface area (Å²) in [4.78, 5) is 6.99. The minimum atomic E-state index is 0.803. The zero-order chi connectivity index (χ0) is 8.10. The molecule has 2 nitrogen and oxygen atoms in total. The maximum absolute atomic E-state index is 3.92. The van der Waals surface area contributed by atoms with Crippen LogP contribution in [-0.2, 0) is 0 Å². The van der Waals surface area contributed by atoms with E-state index in [9.17, 15) is 0 Å². The van der Waals surface area contributed by atoms with Gasteiger partial charge in [-0.2, -0.15) is 0 Å². The largest absolute Gasteiger partial charge is 0.299 e. The first-order valence-electron chi connectivity index (χ1n) is 3.31. The average Bonchev–Trinajstić information content (AvgIpc) is 2.39. The van der Waals surface area contributed by atoms with Gasteiger partial charge in [0.25, 0.3) is 0 Å². The normalized spacial score (nSPS) is 9.36. The van der Waals surface area contributed by atoms with Crippen molar-refractivity contribution in [2.45, 2.75) is 0 Å². The van der Waals surface area contributed by atoms with Gasteiger partial charge in [-0.15, -0.1) is 11.3 Å². The molecule has 0 fully saturated rings. The van der Waals surface area contributed by atoms with Gasteiger partial charge in [0.1, 0.15) is 0 Å². The lowest BCUT2D eigenvalue weighted by Crippen LogP contribution is -2.10. The molecule has 0 radical (unpaired) electrons. The first kappa shape index (κ1) is 8.25. The molecule has 0 atom stereocenters. The maximum atomic E-state index is 3.92. The van der Waals surface area contributed by atoms with Gasteiger partial charge in [-0.25, -0.2) is 0 Å². The van der Waals surface area contributed by atoms with E-state index in [4.69, 9.17) is 0 Å². The summed E-state index contributed by atoms with van der Waals surface area (Å²) in [6.45, 7) is 0.803. The number of nitrogens with zero attached hydrogens (tertiary/aromatic N) is 2. The first-order valence-corrected chi connectivity index (χ1v) is 4.19. The lowest BCUT2D eigenvalue weighted by Gasteiger charge is -2.00. The molecule has 0 aliphatic carbocycles. The van der Waals surface area contributed by atoms with Crippen LogP contribution in [0.1, 0.15) is 4.88 Å². The summed E-state index contributed by atoms with van der Waals surface area (Å²) in [7, 11) is 4.00. The number of thiazole rings is 1. The van der Waals surface area contributed by atoms with Gasteiger partial charge in [0.2, 0.25) is 0 Å². The van der Waals surface area contributed by atoms with Crippen LogP contribution in [0, 0.1) is 11.8 Å². The molecule has 0 spiro atoms. The molecule has 3 heteroatoms. The van der Waals surface area contributed by atoms with Crippen LogP contribution in [0.3, 0.4) is 0 Å². The fraction of sp³-hybridized carbons (Fsp3) is 0.375. The zero-order valence-electron chi connectivity index (χ0n) is 6.66. The smallest absolute Gasteiger partial charge is 0.0967 e. The Morgan fingerprint density at radius 2 is 2.45 bits per heavy atom. The van der Waals surface area contributed by atoms with E-state index in [0.717, 1.165) is 11.4 Å². The lowest BCUT2D eigenvalue weighted by molar-refractivity contribution is 0.464. The van der Waals surface area contributed by atoms with E-state index in [0.29, 0.717) is 0 Å². The van der Waals surface area contributed by atoms with Crippen molar-refractivity contribution >= 4 is 11.3 Å². The Morgan fingerprint density at radius 1 is 1.64 bits per heavy atom. The summed E-state index contributed by atoms with van der Waals surface area (Å²) in [5.74, 6) is 6.05. The molecule has 0 amide bonds. The van der Waals surface area contributed by atoms with Gasteiger partial charge < -0.3 is 0 Å². The van der Waals surface area contributed by atoms with E-state index < -0.39 is 0 Å². The predicted molar refractivity (Wildman–Crippen MR) is 47.5 cm³/mol. The van der Waals surface area contributed by atoms with Crippen LogP contribution in [0.2, 0.25) is 0 Å². The Bertz CT molecular complexity index is 253. The highest BCUT2D eigenvalue weighted by atomic mass is 32.1. The van der Waals surface area contributed by atoms with Gasteiger partial charge in [0.15, 0.2) is 0 Å². The van der Waals surface area contributed by atoms with Crippen LogP contribution in [0.25, 0.3) is 0 Å². The monoisotopic (exact) mass is 166 g/mol. The van der Waals surface area contributed by atoms with Crippen molar-refractivity contribution < 1.29 is 0 Å². The summed E-state index contributed by atoms with van der Waals surface area (Å²) < 4.78 is 0. The minimum Gasteiger partial charge on any atom is -0.299 e. The number of hydrogen-bond donors (Lipinski definition) is 0. The number of rotatable bonds is 1. The highest BCUT2D eigenvalue weighted by molar-refractivity contribution is 7.10. The Labute approximate surface area is 70.9 Å². The average molecular weight is 166 g/mol. The minimum absolute atomic E-state index is 0.803. The summed E-state index contributed by atoms with van der Waals surface area (Å²) >= 11 is 1.57. The van der Waals surface area contributed by atoms with E-state index in [1.807, 2.05) is 19.0 Å². The van der Waals surface area contributed by atoms with E-state index >= 15 is 0 Å². The molecule has 11 heavy (non-hydrogen) atoms. The highest BCUT2D eigenvalue weighted by Gasteiger charge is 1.85.